The summed E-state index contributed by atoms with van der Waals surface area (Å²) in [7, 11) is 3.76. The Morgan fingerprint density at radius 3 is 2.74 bits per heavy atom. The molecule has 0 amide bonds. The van der Waals surface area contributed by atoms with Crippen molar-refractivity contribution in [2.24, 2.45) is 13.0 Å². The van der Waals surface area contributed by atoms with Gasteiger partial charge in [0.05, 0.1) is 7.05 Å². The summed E-state index contributed by atoms with van der Waals surface area (Å²) >= 11 is 3.60. The first-order valence-corrected chi connectivity index (χ1v) is 7.09. The highest BCUT2D eigenvalue weighted by molar-refractivity contribution is 9.10. The molecular weight excluding hydrogens is 306 g/mol. The normalized spacial score (nSPS) is 12.6. The van der Waals surface area contributed by atoms with Crippen molar-refractivity contribution in [1.82, 2.24) is 25.5 Å². The van der Waals surface area contributed by atoms with Gasteiger partial charge >= 0.3 is 0 Å². The average molecular weight is 324 g/mol. The second-order valence-electron chi connectivity index (χ2n) is 4.62. The molecule has 1 aromatic carbocycles. The number of aromatic nitrogens is 4. The molecule has 0 spiro atoms. The van der Waals surface area contributed by atoms with Crippen LogP contribution >= 0.6 is 15.9 Å². The maximum atomic E-state index is 4.25. The number of rotatable bonds is 6. The Bertz CT molecular complexity index is 525. The van der Waals surface area contributed by atoms with Gasteiger partial charge in [-0.25, -0.2) is 0 Å². The lowest BCUT2D eigenvalue weighted by atomic mass is 9.96. The second-order valence-corrected chi connectivity index (χ2v) is 5.47. The van der Waals surface area contributed by atoms with Crippen molar-refractivity contribution in [3.05, 3.63) is 40.1 Å². The SMILES string of the molecule is CNCC(Cc1nnn(C)n1)Cc1ccccc1Br. The monoisotopic (exact) mass is 323 g/mol. The minimum absolute atomic E-state index is 0.452. The fraction of sp³-hybridized carbons (Fsp3) is 0.462. The Morgan fingerprint density at radius 1 is 1.32 bits per heavy atom. The third-order valence-electron chi connectivity index (χ3n) is 2.98. The second kappa shape index (κ2) is 6.77. The first kappa shape index (κ1) is 14.1. The molecule has 0 saturated carbocycles. The Morgan fingerprint density at radius 2 is 2.11 bits per heavy atom. The minimum Gasteiger partial charge on any atom is -0.319 e. The molecule has 1 atom stereocenters. The van der Waals surface area contributed by atoms with Crippen molar-refractivity contribution in [1.29, 1.82) is 0 Å². The molecule has 0 bridgehead atoms. The predicted octanol–water partition coefficient (Wildman–Crippen LogP) is 1.59. The largest absolute Gasteiger partial charge is 0.319 e. The van der Waals surface area contributed by atoms with Crippen LogP contribution in [0.5, 0.6) is 0 Å². The van der Waals surface area contributed by atoms with Gasteiger partial charge in [-0.05, 0) is 42.8 Å². The van der Waals surface area contributed by atoms with E-state index in [1.165, 1.54) is 10.4 Å². The Labute approximate surface area is 121 Å². The molecule has 1 heterocycles. The highest BCUT2D eigenvalue weighted by Gasteiger charge is 2.14. The maximum absolute atomic E-state index is 4.25. The molecular formula is C13H18BrN5. The molecule has 0 radical (unpaired) electrons. The van der Waals surface area contributed by atoms with E-state index in [0.717, 1.165) is 29.7 Å². The lowest BCUT2D eigenvalue weighted by Crippen LogP contribution is -2.23. The van der Waals surface area contributed by atoms with Crippen molar-refractivity contribution in [3.8, 4) is 0 Å². The summed E-state index contributed by atoms with van der Waals surface area (Å²) in [6.45, 7) is 0.930. The van der Waals surface area contributed by atoms with Gasteiger partial charge in [-0.15, -0.1) is 10.2 Å². The van der Waals surface area contributed by atoms with Gasteiger partial charge in [0.25, 0.3) is 0 Å². The minimum atomic E-state index is 0.452. The van der Waals surface area contributed by atoms with Crippen molar-refractivity contribution >= 4 is 15.9 Å². The van der Waals surface area contributed by atoms with E-state index < -0.39 is 0 Å². The third-order valence-corrected chi connectivity index (χ3v) is 3.75. The van der Waals surface area contributed by atoms with Crippen LogP contribution in [-0.2, 0) is 19.9 Å². The van der Waals surface area contributed by atoms with Crippen LogP contribution in [0.15, 0.2) is 28.7 Å². The number of benzene rings is 1. The van der Waals surface area contributed by atoms with Gasteiger partial charge in [0, 0.05) is 10.9 Å². The van der Waals surface area contributed by atoms with Crippen molar-refractivity contribution in [3.63, 3.8) is 0 Å². The lowest BCUT2D eigenvalue weighted by Gasteiger charge is -2.15. The van der Waals surface area contributed by atoms with Crippen molar-refractivity contribution in [2.75, 3.05) is 13.6 Å². The van der Waals surface area contributed by atoms with Gasteiger partial charge in [0.2, 0.25) is 0 Å². The summed E-state index contributed by atoms with van der Waals surface area (Å²) in [6.07, 6.45) is 1.82. The number of hydrogen-bond donors (Lipinski definition) is 1. The van der Waals surface area contributed by atoms with Crippen molar-refractivity contribution < 1.29 is 0 Å². The van der Waals surface area contributed by atoms with E-state index >= 15 is 0 Å². The molecule has 2 aromatic rings. The van der Waals surface area contributed by atoms with Crippen LogP contribution in [0.25, 0.3) is 0 Å². The fourth-order valence-corrected chi connectivity index (χ4v) is 2.59. The highest BCUT2D eigenvalue weighted by Crippen LogP contribution is 2.20. The van der Waals surface area contributed by atoms with Crippen LogP contribution in [0.4, 0.5) is 0 Å². The van der Waals surface area contributed by atoms with Crippen LogP contribution in [-0.4, -0.2) is 33.8 Å². The summed E-state index contributed by atoms with van der Waals surface area (Å²) in [5, 5.41) is 15.4. The van der Waals surface area contributed by atoms with E-state index in [1.807, 2.05) is 13.1 Å². The van der Waals surface area contributed by atoms with Crippen LogP contribution in [0.3, 0.4) is 0 Å². The Balaban J connectivity index is 2.06. The third kappa shape index (κ3) is 4.11. The molecule has 102 valence electrons. The van der Waals surface area contributed by atoms with E-state index in [1.54, 1.807) is 7.05 Å². The summed E-state index contributed by atoms with van der Waals surface area (Å²) in [5.74, 6) is 1.25. The lowest BCUT2D eigenvalue weighted by molar-refractivity contribution is 0.480. The Hall–Kier alpha value is -1.27. The van der Waals surface area contributed by atoms with Gasteiger partial charge in [-0.2, -0.15) is 4.80 Å². The molecule has 0 aliphatic rings. The number of tetrazole rings is 1. The number of nitrogens with zero attached hydrogens (tertiary/aromatic N) is 4. The highest BCUT2D eigenvalue weighted by atomic mass is 79.9. The first-order valence-electron chi connectivity index (χ1n) is 6.30. The van der Waals surface area contributed by atoms with Crippen LogP contribution in [0.2, 0.25) is 0 Å². The predicted molar refractivity (Wildman–Crippen MR) is 77.8 cm³/mol. The van der Waals surface area contributed by atoms with E-state index in [2.05, 4.69) is 54.9 Å². The molecule has 2 rings (SSSR count). The molecule has 0 saturated heterocycles. The first-order chi connectivity index (χ1) is 9.19. The molecule has 1 unspecified atom stereocenters. The molecule has 0 aliphatic heterocycles. The van der Waals surface area contributed by atoms with Crippen LogP contribution in [0.1, 0.15) is 11.4 Å². The molecule has 0 aliphatic carbocycles. The molecule has 5 nitrogen and oxygen atoms in total. The fourth-order valence-electron chi connectivity index (χ4n) is 2.14. The van der Waals surface area contributed by atoms with Crippen LogP contribution < -0.4 is 5.32 Å². The molecule has 19 heavy (non-hydrogen) atoms. The standard InChI is InChI=1S/C13H18BrN5/c1-15-9-10(8-13-16-18-19(2)17-13)7-11-5-3-4-6-12(11)14/h3-6,10,15H,7-9H2,1-2H3. The van der Waals surface area contributed by atoms with Gasteiger partial charge in [-0.1, -0.05) is 34.1 Å². The Kier molecular flexibility index (Phi) is 5.04. The van der Waals surface area contributed by atoms with Crippen LogP contribution in [0, 0.1) is 5.92 Å². The summed E-state index contributed by atoms with van der Waals surface area (Å²) in [6, 6.07) is 8.32. The molecule has 6 heteroatoms. The summed E-state index contributed by atoms with van der Waals surface area (Å²) in [4.78, 5) is 1.50. The number of halogens is 1. The van der Waals surface area contributed by atoms with Gasteiger partial charge in [0.1, 0.15) is 0 Å². The van der Waals surface area contributed by atoms with Gasteiger partial charge in [0.15, 0.2) is 5.82 Å². The van der Waals surface area contributed by atoms with Crippen molar-refractivity contribution in [2.45, 2.75) is 12.8 Å². The van der Waals surface area contributed by atoms with E-state index in [0.29, 0.717) is 5.92 Å². The quantitative estimate of drug-likeness (QED) is 0.877. The summed E-state index contributed by atoms with van der Waals surface area (Å²) < 4.78 is 1.16. The topological polar surface area (TPSA) is 55.6 Å². The van der Waals surface area contributed by atoms with Gasteiger partial charge < -0.3 is 5.32 Å². The number of hydrogen-bond acceptors (Lipinski definition) is 4. The zero-order valence-corrected chi connectivity index (χ0v) is 12.8. The van der Waals surface area contributed by atoms with E-state index in [4.69, 9.17) is 0 Å². The summed E-state index contributed by atoms with van der Waals surface area (Å²) in [5.41, 5.74) is 1.31. The van der Waals surface area contributed by atoms with E-state index in [9.17, 15) is 0 Å². The molecule has 1 N–H and O–H groups in total. The van der Waals surface area contributed by atoms with E-state index in [-0.39, 0.29) is 0 Å². The zero-order valence-electron chi connectivity index (χ0n) is 11.2. The average Bonchev–Trinajstić information content (AvgIpc) is 2.78. The zero-order chi connectivity index (χ0) is 13.7. The molecule has 0 fully saturated rings. The maximum Gasteiger partial charge on any atom is 0.175 e. The number of aryl methyl sites for hydroxylation is 1. The molecule has 1 aromatic heterocycles. The smallest absolute Gasteiger partial charge is 0.175 e. The number of nitrogens with one attached hydrogen (secondary N) is 1. The van der Waals surface area contributed by atoms with Gasteiger partial charge in [-0.3, -0.25) is 0 Å².